The average Bonchev–Trinajstić information content (AvgIpc) is 3.18. The highest BCUT2D eigenvalue weighted by Crippen LogP contribution is 2.24. The molecule has 3 aliphatic rings. The quantitative estimate of drug-likeness (QED) is 0.835. The van der Waals surface area contributed by atoms with Crippen LogP contribution in [0.1, 0.15) is 25.7 Å². The number of ether oxygens (including phenoxy) is 1. The first kappa shape index (κ1) is 16.1. The van der Waals surface area contributed by atoms with Gasteiger partial charge in [0.2, 0.25) is 5.95 Å². The Kier molecular flexibility index (Phi) is 5.13. The highest BCUT2D eigenvalue weighted by atomic mass is 16.5. The normalized spacial score (nSPS) is 26.1. The molecular formula is C18H29N5O. The molecule has 0 aromatic carbocycles. The molecule has 1 aromatic rings. The maximum atomic E-state index is 5.46. The molecule has 6 nitrogen and oxygen atoms in total. The van der Waals surface area contributed by atoms with E-state index in [0.29, 0.717) is 0 Å². The van der Waals surface area contributed by atoms with E-state index in [1.54, 1.807) is 0 Å². The Morgan fingerprint density at radius 2 is 1.79 bits per heavy atom. The summed E-state index contributed by atoms with van der Waals surface area (Å²) in [7, 11) is 0. The Morgan fingerprint density at radius 1 is 1.00 bits per heavy atom. The lowest BCUT2D eigenvalue weighted by molar-refractivity contribution is 0.0296. The molecule has 1 aromatic heterocycles. The monoisotopic (exact) mass is 331 g/mol. The number of piperidine rings is 1. The van der Waals surface area contributed by atoms with Gasteiger partial charge in [0.1, 0.15) is 5.82 Å². The summed E-state index contributed by atoms with van der Waals surface area (Å²) in [5.74, 6) is 2.75. The van der Waals surface area contributed by atoms with E-state index in [0.717, 1.165) is 70.2 Å². The van der Waals surface area contributed by atoms with Crippen molar-refractivity contribution in [3.8, 4) is 0 Å². The largest absolute Gasteiger partial charge is 0.379 e. The fourth-order valence-corrected chi connectivity index (χ4v) is 4.16. The number of rotatable bonds is 4. The minimum Gasteiger partial charge on any atom is -0.379 e. The predicted octanol–water partition coefficient (Wildman–Crippen LogP) is 1.63. The van der Waals surface area contributed by atoms with Gasteiger partial charge in [0, 0.05) is 52.0 Å². The molecule has 3 fully saturated rings. The van der Waals surface area contributed by atoms with Gasteiger partial charge in [0.05, 0.1) is 13.2 Å². The van der Waals surface area contributed by atoms with Crippen LogP contribution >= 0.6 is 0 Å². The van der Waals surface area contributed by atoms with Crippen molar-refractivity contribution < 1.29 is 4.74 Å². The zero-order valence-electron chi connectivity index (χ0n) is 14.6. The lowest BCUT2D eigenvalue weighted by Crippen LogP contribution is -2.45. The van der Waals surface area contributed by atoms with Gasteiger partial charge in [-0.25, -0.2) is 4.98 Å². The van der Waals surface area contributed by atoms with E-state index in [1.165, 1.54) is 32.2 Å². The van der Waals surface area contributed by atoms with E-state index in [2.05, 4.69) is 25.8 Å². The van der Waals surface area contributed by atoms with Gasteiger partial charge in [-0.15, -0.1) is 0 Å². The lowest BCUT2D eigenvalue weighted by atomic mass is 9.97. The third-order valence-electron chi connectivity index (χ3n) is 5.48. The minimum absolute atomic E-state index is 0.718. The van der Waals surface area contributed by atoms with E-state index in [4.69, 9.17) is 9.72 Å². The molecular weight excluding hydrogens is 302 g/mol. The SMILES string of the molecule is c1cc(N2CCCC2)nc(N2CCC[C@H](CN3CCOCC3)C2)n1. The second-order valence-electron chi connectivity index (χ2n) is 7.28. The molecule has 0 radical (unpaired) electrons. The smallest absolute Gasteiger partial charge is 0.227 e. The first-order valence-corrected chi connectivity index (χ1v) is 9.51. The van der Waals surface area contributed by atoms with Gasteiger partial charge in [-0.05, 0) is 37.7 Å². The fourth-order valence-electron chi connectivity index (χ4n) is 4.16. The number of morpholine rings is 1. The van der Waals surface area contributed by atoms with Gasteiger partial charge in [0.15, 0.2) is 0 Å². The second kappa shape index (κ2) is 7.66. The van der Waals surface area contributed by atoms with E-state index in [1.807, 2.05) is 6.20 Å². The molecule has 0 amide bonds. The minimum atomic E-state index is 0.718. The van der Waals surface area contributed by atoms with Crippen molar-refractivity contribution in [2.75, 3.05) is 68.8 Å². The molecule has 6 heteroatoms. The van der Waals surface area contributed by atoms with Gasteiger partial charge in [-0.3, -0.25) is 4.90 Å². The van der Waals surface area contributed by atoms with Crippen LogP contribution in [0.15, 0.2) is 12.3 Å². The van der Waals surface area contributed by atoms with Crippen molar-refractivity contribution in [1.82, 2.24) is 14.9 Å². The van der Waals surface area contributed by atoms with Crippen LogP contribution in [-0.4, -0.2) is 73.9 Å². The van der Waals surface area contributed by atoms with E-state index in [9.17, 15) is 0 Å². The molecule has 0 spiro atoms. The molecule has 0 N–H and O–H groups in total. The average molecular weight is 331 g/mol. The molecule has 24 heavy (non-hydrogen) atoms. The van der Waals surface area contributed by atoms with Crippen LogP contribution in [0.5, 0.6) is 0 Å². The van der Waals surface area contributed by atoms with Gasteiger partial charge >= 0.3 is 0 Å². The number of hydrogen-bond donors (Lipinski definition) is 0. The maximum absolute atomic E-state index is 5.46. The molecule has 3 saturated heterocycles. The summed E-state index contributed by atoms with van der Waals surface area (Å²) in [5.41, 5.74) is 0. The first-order valence-electron chi connectivity index (χ1n) is 9.51. The molecule has 4 heterocycles. The third kappa shape index (κ3) is 3.81. The van der Waals surface area contributed by atoms with Gasteiger partial charge in [-0.1, -0.05) is 0 Å². The summed E-state index contributed by atoms with van der Waals surface area (Å²) in [6, 6.07) is 2.06. The van der Waals surface area contributed by atoms with E-state index in [-0.39, 0.29) is 0 Å². The van der Waals surface area contributed by atoms with Crippen LogP contribution in [0, 0.1) is 5.92 Å². The summed E-state index contributed by atoms with van der Waals surface area (Å²) < 4.78 is 5.46. The molecule has 0 saturated carbocycles. The maximum Gasteiger partial charge on any atom is 0.227 e. The molecule has 3 aliphatic heterocycles. The highest BCUT2D eigenvalue weighted by molar-refractivity contribution is 5.44. The summed E-state index contributed by atoms with van der Waals surface area (Å²) in [4.78, 5) is 16.8. The third-order valence-corrected chi connectivity index (χ3v) is 5.48. The predicted molar refractivity (Wildman–Crippen MR) is 95.7 cm³/mol. The number of aromatic nitrogens is 2. The zero-order valence-corrected chi connectivity index (χ0v) is 14.6. The molecule has 4 rings (SSSR count). The second-order valence-corrected chi connectivity index (χ2v) is 7.28. The summed E-state index contributed by atoms with van der Waals surface area (Å²) in [5, 5.41) is 0. The van der Waals surface area contributed by atoms with Gasteiger partial charge in [0.25, 0.3) is 0 Å². The highest BCUT2D eigenvalue weighted by Gasteiger charge is 2.25. The van der Waals surface area contributed by atoms with Crippen LogP contribution in [-0.2, 0) is 4.74 Å². The Balaban J connectivity index is 1.39. The number of hydrogen-bond acceptors (Lipinski definition) is 6. The zero-order chi connectivity index (χ0) is 16.2. The fraction of sp³-hybridized carbons (Fsp3) is 0.778. The Hall–Kier alpha value is -1.40. The van der Waals surface area contributed by atoms with Crippen LogP contribution in [0.4, 0.5) is 11.8 Å². The van der Waals surface area contributed by atoms with Crippen molar-refractivity contribution in [3.63, 3.8) is 0 Å². The van der Waals surface area contributed by atoms with E-state index < -0.39 is 0 Å². The Bertz CT molecular complexity index is 528. The molecule has 132 valence electrons. The number of anilines is 2. The first-order chi connectivity index (χ1) is 11.9. The standard InChI is InChI=1S/C18H29N5O/c1-2-8-22(7-1)17-5-6-19-18(20-17)23-9-3-4-16(15-23)14-21-10-12-24-13-11-21/h5-6,16H,1-4,7-15H2/t16-/m1/s1. The summed E-state index contributed by atoms with van der Waals surface area (Å²) in [6.45, 7) is 9.56. The van der Waals surface area contributed by atoms with Crippen molar-refractivity contribution in [2.45, 2.75) is 25.7 Å². The number of nitrogens with zero attached hydrogens (tertiary/aromatic N) is 5. The van der Waals surface area contributed by atoms with Crippen molar-refractivity contribution >= 4 is 11.8 Å². The topological polar surface area (TPSA) is 44.7 Å². The lowest BCUT2D eigenvalue weighted by Gasteiger charge is -2.37. The van der Waals surface area contributed by atoms with E-state index >= 15 is 0 Å². The molecule has 0 unspecified atom stereocenters. The van der Waals surface area contributed by atoms with Crippen molar-refractivity contribution in [3.05, 3.63) is 12.3 Å². The van der Waals surface area contributed by atoms with Crippen LogP contribution in [0.25, 0.3) is 0 Å². The van der Waals surface area contributed by atoms with Crippen LogP contribution in [0.3, 0.4) is 0 Å². The molecule has 1 atom stereocenters. The summed E-state index contributed by atoms with van der Waals surface area (Å²) in [6.07, 6.45) is 7.06. The summed E-state index contributed by atoms with van der Waals surface area (Å²) >= 11 is 0. The molecule has 0 bridgehead atoms. The van der Waals surface area contributed by atoms with Crippen LogP contribution in [0.2, 0.25) is 0 Å². The van der Waals surface area contributed by atoms with Crippen LogP contribution < -0.4 is 9.80 Å². The Labute approximate surface area is 144 Å². The van der Waals surface area contributed by atoms with Crippen molar-refractivity contribution in [2.24, 2.45) is 5.92 Å². The van der Waals surface area contributed by atoms with Gasteiger partial charge < -0.3 is 14.5 Å². The Morgan fingerprint density at radius 3 is 2.62 bits per heavy atom. The molecule has 0 aliphatic carbocycles. The van der Waals surface area contributed by atoms with Crippen molar-refractivity contribution in [1.29, 1.82) is 0 Å². The van der Waals surface area contributed by atoms with Gasteiger partial charge in [-0.2, -0.15) is 4.98 Å².